The minimum Gasteiger partial charge on any atom is -0.397 e. The van der Waals surface area contributed by atoms with Gasteiger partial charge in [0.05, 0.1) is 11.4 Å². The number of anilines is 1. The lowest BCUT2D eigenvalue weighted by molar-refractivity contribution is 1.18. The Hall–Kier alpha value is -1.05. The van der Waals surface area contributed by atoms with E-state index in [4.69, 9.17) is 5.73 Å². The van der Waals surface area contributed by atoms with Crippen molar-refractivity contribution >= 4 is 5.69 Å². The Kier molecular flexibility index (Phi) is 1.39. The summed E-state index contributed by atoms with van der Waals surface area (Å²) in [5, 5.41) is 0. The van der Waals surface area contributed by atoms with Gasteiger partial charge in [-0.2, -0.15) is 0 Å². The highest BCUT2D eigenvalue weighted by atomic mass is 14.7. The molecule has 0 atom stereocenters. The zero-order valence-corrected chi connectivity index (χ0v) is 5.68. The standard InChI is InChI=1S/C7H10N2/c1-5-3-7(8)6(2)9-4-5/h3-4H,8H2,1-2H3. The Balaban J connectivity index is 3.17. The van der Waals surface area contributed by atoms with Gasteiger partial charge in [0.1, 0.15) is 0 Å². The zero-order chi connectivity index (χ0) is 6.85. The average molecular weight is 122 g/mol. The average Bonchev–Trinajstić information content (AvgIpc) is 1.80. The van der Waals surface area contributed by atoms with Crippen molar-refractivity contribution in [1.29, 1.82) is 0 Å². The molecule has 0 spiro atoms. The topological polar surface area (TPSA) is 38.9 Å². The van der Waals surface area contributed by atoms with Gasteiger partial charge in [-0.25, -0.2) is 0 Å². The van der Waals surface area contributed by atoms with Crippen molar-refractivity contribution in [2.45, 2.75) is 13.8 Å². The van der Waals surface area contributed by atoms with E-state index in [-0.39, 0.29) is 0 Å². The van der Waals surface area contributed by atoms with Crippen LogP contribution in [-0.4, -0.2) is 4.98 Å². The fourth-order valence-corrected chi connectivity index (χ4v) is 0.660. The number of aromatic nitrogens is 1. The van der Waals surface area contributed by atoms with Crippen LogP contribution < -0.4 is 5.73 Å². The van der Waals surface area contributed by atoms with Crippen molar-refractivity contribution in [2.75, 3.05) is 5.73 Å². The van der Waals surface area contributed by atoms with Crippen molar-refractivity contribution in [3.8, 4) is 0 Å². The molecule has 1 aromatic heterocycles. The summed E-state index contributed by atoms with van der Waals surface area (Å²) in [6.45, 7) is 3.87. The number of rotatable bonds is 0. The number of aryl methyl sites for hydroxylation is 2. The molecule has 0 aliphatic heterocycles. The Morgan fingerprint density at radius 2 is 2.11 bits per heavy atom. The molecule has 1 rings (SSSR count). The molecular weight excluding hydrogens is 112 g/mol. The Bertz CT molecular complexity index is 218. The van der Waals surface area contributed by atoms with E-state index in [1.54, 1.807) is 0 Å². The molecule has 0 amide bonds. The molecule has 2 heteroatoms. The number of hydrogen-bond donors (Lipinski definition) is 1. The van der Waals surface area contributed by atoms with Crippen molar-refractivity contribution in [3.05, 3.63) is 23.5 Å². The van der Waals surface area contributed by atoms with E-state index in [1.165, 1.54) is 0 Å². The monoisotopic (exact) mass is 122 g/mol. The third-order valence-electron chi connectivity index (χ3n) is 1.26. The van der Waals surface area contributed by atoms with Gasteiger partial charge in [-0.05, 0) is 25.5 Å². The van der Waals surface area contributed by atoms with Gasteiger partial charge in [-0.15, -0.1) is 0 Å². The largest absolute Gasteiger partial charge is 0.397 e. The molecule has 0 fully saturated rings. The third-order valence-corrected chi connectivity index (χ3v) is 1.26. The highest BCUT2D eigenvalue weighted by Crippen LogP contribution is 2.07. The minimum absolute atomic E-state index is 0.773. The van der Waals surface area contributed by atoms with Crippen LogP contribution in [0.25, 0.3) is 0 Å². The number of hydrogen-bond acceptors (Lipinski definition) is 2. The molecule has 2 nitrogen and oxygen atoms in total. The molecule has 0 aromatic carbocycles. The van der Waals surface area contributed by atoms with Crippen molar-refractivity contribution in [1.82, 2.24) is 4.98 Å². The summed E-state index contributed by atoms with van der Waals surface area (Å²) in [5.74, 6) is 0. The number of nitrogens with zero attached hydrogens (tertiary/aromatic N) is 1. The normalized spacial score (nSPS) is 9.56. The third kappa shape index (κ3) is 1.19. The lowest BCUT2D eigenvalue weighted by Crippen LogP contribution is -1.92. The van der Waals surface area contributed by atoms with Crippen molar-refractivity contribution < 1.29 is 0 Å². The molecule has 0 saturated heterocycles. The molecule has 0 aliphatic rings. The molecule has 9 heavy (non-hydrogen) atoms. The van der Waals surface area contributed by atoms with E-state index in [0.717, 1.165) is 16.9 Å². The maximum absolute atomic E-state index is 5.56. The Morgan fingerprint density at radius 1 is 1.44 bits per heavy atom. The summed E-state index contributed by atoms with van der Waals surface area (Å²) in [6, 6.07) is 1.92. The maximum atomic E-state index is 5.56. The molecule has 1 heterocycles. The molecular formula is C7H10N2. The van der Waals surface area contributed by atoms with Crippen LogP contribution in [0.3, 0.4) is 0 Å². The van der Waals surface area contributed by atoms with Crippen LogP contribution in [0.2, 0.25) is 0 Å². The molecule has 0 aliphatic carbocycles. The van der Waals surface area contributed by atoms with Gasteiger partial charge in [0.2, 0.25) is 0 Å². The van der Waals surface area contributed by atoms with E-state index in [2.05, 4.69) is 4.98 Å². The lowest BCUT2D eigenvalue weighted by Gasteiger charge is -1.97. The Morgan fingerprint density at radius 3 is 2.56 bits per heavy atom. The number of nitrogen functional groups attached to an aromatic ring is 1. The van der Waals surface area contributed by atoms with Crippen LogP contribution in [0.4, 0.5) is 5.69 Å². The smallest absolute Gasteiger partial charge is 0.0601 e. The van der Waals surface area contributed by atoms with Crippen LogP contribution in [0.1, 0.15) is 11.3 Å². The molecule has 1 aromatic rings. The SMILES string of the molecule is Cc1cnc(C)c(N)c1. The summed E-state index contributed by atoms with van der Waals surface area (Å²) in [6.07, 6.45) is 1.81. The summed E-state index contributed by atoms with van der Waals surface area (Å²) in [7, 11) is 0. The second-order valence-corrected chi connectivity index (χ2v) is 2.19. The first-order valence-electron chi connectivity index (χ1n) is 2.89. The fraction of sp³-hybridized carbons (Fsp3) is 0.286. The zero-order valence-electron chi connectivity index (χ0n) is 5.68. The molecule has 0 saturated carbocycles. The first-order chi connectivity index (χ1) is 4.20. The minimum atomic E-state index is 0.773. The highest BCUT2D eigenvalue weighted by Gasteiger charge is 1.91. The number of pyridine rings is 1. The van der Waals surface area contributed by atoms with E-state index in [9.17, 15) is 0 Å². The van der Waals surface area contributed by atoms with Crippen LogP contribution in [0, 0.1) is 13.8 Å². The first kappa shape index (κ1) is 6.08. The summed E-state index contributed by atoms with van der Waals surface area (Å²) in [4.78, 5) is 4.05. The second-order valence-electron chi connectivity index (χ2n) is 2.19. The van der Waals surface area contributed by atoms with Gasteiger partial charge in [-0.3, -0.25) is 4.98 Å². The summed E-state index contributed by atoms with van der Waals surface area (Å²) < 4.78 is 0. The highest BCUT2D eigenvalue weighted by molar-refractivity contribution is 5.43. The predicted octanol–water partition coefficient (Wildman–Crippen LogP) is 1.28. The summed E-state index contributed by atoms with van der Waals surface area (Å²) >= 11 is 0. The summed E-state index contributed by atoms with van der Waals surface area (Å²) in [5.41, 5.74) is 8.34. The van der Waals surface area contributed by atoms with Gasteiger partial charge in [0.15, 0.2) is 0 Å². The molecule has 0 unspecified atom stereocenters. The van der Waals surface area contributed by atoms with Crippen LogP contribution in [0.15, 0.2) is 12.3 Å². The molecule has 48 valence electrons. The van der Waals surface area contributed by atoms with Gasteiger partial charge >= 0.3 is 0 Å². The van der Waals surface area contributed by atoms with E-state index in [0.29, 0.717) is 0 Å². The number of nitrogens with two attached hydrogens (primary N) is 1. The first-order valence-corrected chi connectivity index (χ1v) is 2.89. The van der Waals surface area contributed by atoms with Crippen LogP contribution in [0.5, 0.6) is 0 Å². The van der Waals surface area contributed by atoms with Crippen LogP contribution >= 0.6 is 0 Å². The van der Waals surface area contributed by atoms with Gasteiger partial charge < -0.3 is 5.73 Å². The van der Waals surface area contributed by atoms with Crippen molar-refractivity contribution in [2.24, 2.45) is 0 Å². The molecule has 0 radical (unpaired) electrons. The quantitative estimate of drug-likeness (QED) is 0.563. The second kappa shape index (κ2) is 2.05. The molecule has 2 N–H and O–H groups in total. The fourth-order valence-electron chi connectivity index (χ4n) is 0.660. The van der Waals surface area contributed by atoms with E-state index >= 15 is 0 Å². The van der Waals surface area contributed by atoms with E-state index < -0.39 is 0 Å². The maximum Gasteiger partial charge on any atom is 0.0601 e. The van der Waals surface area contributed by atoms with Crippen molar-refractivity contribution in [3.63, 3.8) is 0 Å². The Labute approximate surface area is 54.7 Å². The van der Waals surface area contributed by atoms with E-state index in [1.807, 2.05) is 26.1 Å². The lowest BCUT2D eigenvalue weighted by atomic mass is 10.2. The van der Waals surface area contributed by atoms with Gasteiger partial charge in [0.25, 0.3) is 0 Å². The van der Waals surface area contributed by atoms with Gasteiger partial charge in [-0.1, -0.05) is 0 Å². The predicted molar refractivity (Wildman–Crippen MR) is 38.1 cm³/mol. The van der Waals surface area contributed by atoms with Gasteiger partial charge in [0, 0.05) is 6.20 Å². The van der Waals surface area contributed by atoms with Crippen LogP contribution in [-0.2, 0) is 0 Å². The molecule has 0 bridgehead atoms.